The van der Waals surface area contributed by atoms with Gasteiger partial charge in [-0.2, -0.15) is 0 Å². The zero-order valence-electron chi connectivity index (χ0n) is 11.9. The molecule has 0 aromatic heterocycles. The maximum absolute atomic E-state index is 8.59. The second kappa shape index (κ2) is 9.78. The number of benzene rings is 1. The van der Waals surface area contributed by atoms with Crippen LogP contribution in [0.4, 0.5) is 0 Å². The fourth-order valence-electron chi connectivity index (χ4n) is 1.95. The first kappa shape index (κ1) is 16.0. The van der Waals surface area contributed by atoms with Gasteiger partial charge in [0.15, 0.2) is 0 Å². The van der Waals surface area contributed by atoms with Crippen molar-refractivity contribution in [1.29, 1.82) is 0 Å². The van der Waals surface area contributed by atoms with Crippen molar-refractivity contribution in [3.8, 4) is 5.75 Å². The van der Waals surface area contributed by atoms with Gasteiger partial charge in [-0.3, -0.25) is 0 Å². The zero-order chi connectivity index (χ0) is 13.9. The van der Waals surface area contributed by atoms with E-state index in [1.165, 1.54) is 5.56 Å². The summed E-state index contributed by atoms with van der Waals surface area (Å²) in [5.74, 6) is 0.885. The van der Waals surface area contributed by atoms with E-state index in [0.717, 1.165) is 25.1 Å². The highest BCUT2D eigenvalue weighted by atomic mass is 16.5. The Kier molecular flexibility index (Phi) is 8.21. The van der Waals surface area contributed by atoms with Crippen molar-refractivity contribution in [1.82, 2.24) is 5.32 Å². The summed E-state index contributed by atoms with van der Waals surface area (Å²) in [6.07, 6.45) is 2.00. The number of rotatable bonds is 10. The van der Waals surface area contributed by atoms with Crippen LogP contribution in [0.25, 0.3) is 0 Å². The van der Waals surface area contributed by atoms with Gasteiger partial charge in [-0.15, -0.1) is 0 Å². The van der Waals surface area contributed by atoms with E-state index in [2.05, 4.69) is 24.4 Å². The molecule has 0 saturated carbocycles. The minimum Gasteiger partial charge on any atom is -0.497 e. The summed E-state index contributed by atoms with van der Waals surface area (Å²) >= 11 is 0. The minimum absolute atomic E-state index is 0.0941. The third-order valence-electron chi connectivity index (χ3n) is 3.02. The maximum atomic E-state index is 8.59. The van der Waals surface area contributed by atoms with E-state index in [4.69, 9.17) is 14.6 Å². The lowest BCUT2D eigenvalue weighted by atomic mass is 10.0. The van der Waals surface area contributed by atoms with Crippen LogP contribution in [0, 0.1) is 0 Å². The van der Waals surface area contributed by atoms with E-state index >= 15 is 0 Å². The molecule has 0 saturated heterocycles. The molecule has 19 heavy (non-hydrogen) atoms. The van der Waals surface area contributed by atoms with Crippen molar-refractivity contribution < 1.29 is 14.6 Å². The maximum Gasteiger partial charge on any atom is 0.118 e. The second-order valence-corrected chi connectivity index (χ2v) is 4.38. The summed E-state index contributed by atoms with van der Waals surface area (Å²) in [4.78, 5) is 0. The minimum atomic E-state index is 0.0941. The van der Waals surface area contributed by atoms with Crippen LogP contribution in [0.2, 0.25) is 0 Å². The van der Waals surface area contributed by atoms with Crippen LogP contribution >= 0.6 is 0 Å². The van der Waals surface area contributed by atoms with Gasteiger partial charge in [0.25, 0.3) is 0 Å². The molecule has 0 aliphatic carbocycles. The van der Waals surface area contributed by atoms with Crippen molar-refractivity contribution in [3.05, 3.63) is 29.8 Å². The molecular weight excluding hydrogens is 242 g/mol. The number of methoxy groups -OCH3 is 1. The lowest BCUT2D eigenvalue weighted by Gasteiger charge is -2.17. The standard InChI is InChI=1S/C15H25NO3/c1-3-15(16-9-4-11-19-12-10-17)13-5-7-14(18-2)8-6-13/h5-8,15-17H,3-4,9-12H2,1-2H3. The number of ether oxygens (including phenoxy) is 2. The molecule has 4 nitrogen and oxygen atoms in total. The predicted molar refractivity (Wildman–Crippen MR) is 76.6 cm³/mol. The molecule has 1 aromatic rings. The number of aliphatic hydroxyl groups excluding tert-OH is 1. The van der Waals surface area contributed by atoms with Gasteiger partial charge >= 0.3 is 0 Å². The Labute approximate surface area is 115 Å². The first-order valence-electron chi connectivity index (χ1n) is 6.87. The highest BCUT2D eigenvalue weighted by Gasteiger charge is 2.07. The van der Waals surface area contributed by atoms with Crippen LogP contribution in [-0.2, 0) is 4.74 Å². The van der Waals surface area contributed by atoms with Crippen LogP contribution in [0.5, 0.6) is 5.75 Å². The predicted octanol–water partition coefficient (Wildman–Crippen LogP) is 2.13. The van der Waals surface area contributed by atoms with Gasteiger partial charge in [0, 0.05) is 12.6 Å². The van der Waals surface area contributed by atoms with E-state index in [0.29, 0.717) is 19.3 Å². The van der Waals surface area contributed by atoms with Crippen molar-refractivity contribution in [2.24, 2.45) is 0 Å². The molecule has 108 valence electrons. The quantitative estimate of drug-likeness (QED) is 0.638. The number of hydrogen-bond acceptors (Lipinski definition) is 4. The van der Waals surface area contributed by atoms with Gasteiger partial charge in [0.1, 0.15) is 5.75 Å². The van der Waals surface area contributed by atoms with E-state index in [-0.39, 0.29) is 6.61 Å². The van der Waals surface area contributed by atoms with Gasteiger partial charge in [-0.25, -0.2) is 0 Å². The van der Waals surface area contributed by atoms with Gasteiger partial charge in [0.05, 0.1) is 20.3 Å². The molecule has 1 rings (SSSR count). The first-order chi connectivity index (χ1) is 9.31. The smallest absolute Gasteiger partial charge is 0.118 e. The molecule has 1 unspecified atom stereocenters. The monoisotopic (exact) mass is 267 g/mol. The summed E-state index contributed by atoms with van der Waals surface area (Å²) in [5, 5.41) is 12.1. The SMILES string of the molecule is CCC(NCCCOCCO)c1ccc(OC)cc1. The molecule has 0 fully saturated rings. The summed E-state index contributed by atoms with van der Waals surface area (Å²) in [7, 11) is 1.68. The van der Waals surface area contributed by atoms with Crippen LogP contribution in [0.15, 0.2) is 24.3 Å². The average molecular weight is 267 g/mol. The lowest BCUT2D eigenvalue weighted by molar-refractivity contribution is 0.0903. The molecule has 1 atom stereocenters. The van der Waals surface area contributed by atoms with Gasteiger partial charge < -0.3 is 19.9 Å². The second-order valence-electron chi connectivity index (χ2n) is 4.38. The van der Waals surface area contributed by atoms with Crippen LogP contribution in [0.3, 0.4) is 0 Å². The molecule has 0 heterocycles. The molecule has 0 aliphatic rings. The molecule has 0 spiro atoms. The Morgan fingerprint density at radius 1 is 1.21 bits per heavy atom. The summed E-state index contributed by atoms with van der Waals surface area (Å²) < 4.78 is 10.4. The van der Waals surface area contributed by atoms with Crippen LogP contribution < -0.4 is 10.1 Å². The highest BCUT2D eigenvalue weighted by Crippen LogP contribution is 2.19. The van der Waals surface area contributed by atoms with Crippen LogP contribution in [0.1, 0.15) is 31.4 Å². The van der Waals surface area contributed by atoms with Gasteiger partial charge in [-0.1, -0.05) is 19.1 Å². The van der Waals surface area contributed by atoms with Crippen molar-refractivity contribution in [2.75, 3.05) is 33.5 Å². The fourth-order valence-corrected chi connectivity index (χ4v) is 1.95. The molecular formula is C15H25NO3. The summed E-state index contributed by atoms with van der Waals surface area (Å²) in [6, 6.07) is 8.54. The van der Waals surface area contributed by atoms with Crippen LogP contribution in [-0.4, -0.2) is 38.6 Å². The van der Waals surface area contributed by atoms with E-state index < -0.39 is 0 Å². The molecule has 2 N–H and O–H groups in total. The number of aliphatic hydroxyl groups is 1. The van der Waals surface area contributed by atoms with Gasteiger partial charge in [0.2, 0.25) is 0 Å². The number of hydrogen-bond donors (Lipinski definition) is 2. The van der Waals surface area contributed by atoms with Crippen molar-refractivity contribution in [2.45, 2.75) is 25.8 Å². The first-order valence-corrected chi connectivity index (χ1v) is 6.87. The third-order valence-corrected chi connectivity index (χ3v) is 3.02. The normalized spacial score (nSPS) is 12.4. The number of nitrogens with one attached hydrogen (secondary N) is 1. The Morgan fingerprint density at radius 3 is 2.53 bits per heavy atom. The van der Waals surface area contributed by atoms with E-state index in [9.17, 15) is 0 Å². The molecule has 0 radical (unpaired) electrons. The molecule has 4 heteroatoms. The Morgan fingerprint density at radius 2 is 1.95 bits per heavy atom. The van der Waals surface area contributed by atoms with Crippen molar-refractivity contribution in [3.63, 3.8) is 0 Å². The Hall–Kier alpha value is -1.10. The lowest BCUT2D eigenvalue weighted by Crippen LogP contribution is -2.23. The molecule has 0 amide bonds. The highest BCUT2D eigenvalue weighted by molar-refractivity contribution is 5.29. The summed E-state index contributed by atoms with van der Waals surface area (Å²) in [5.41, 5.74) is 1.28. The van der Waals surface area contributed by atoms with Crippen molar-refractivity contribution >= 4 is 0 Å². The van der Waals surface area contributed by atoms with E-state index in [1.54, 1.807) is 7.11 Å². The Bertz CT molecular complexity index is 327. The fraction of sp³-hybridized carbons (Fsp3) is 0.600. The Balaban J connectivity index is 2.31. The molecule has 1 aromatic carbocycles. The third kappa shape index (κ3) is 6.05. The molecule has 0 aliphatic heterocycles. The zero-order valence-corrected chi connectivity index (χ0v) is 11.9. The summed E-state index contributed by atoms with van der Waals surface area (Å²) in [6.45, 7) is 4.29. The average Bonchev–Trinajstić information content (AvgIpc) is 2.47. The van der Waals surface area contributed by atoms with Gasteiger partial charge in [-0.05, 0) is 37.1 Å². The largest absolute Gasteiger partial charge is 0.497 e. The molecule has 0 bridgehead atoms. The van der Waals surface area contributed by atoms with E-state index in [1.807, 2.05) is 12.1 Å². The topological polar surface area (TPSA) is 50.7 Å².